The number of halogens is 2. The van der Waals surface area contributed by atoms with Gasteiger partial charge in [-0.15, -0.1) is 11.3 Å². The Morgan fingerprint density at radius 2 is 2.12 bits per heavy atom. The van der Waals surface area contributed by atoms with Crippen LogP contribution in [0, 0.1) is 12.7 Å². The molecule has 0 aliphatic heterocycles. The molecule has 90 valence electrons. The van der Waals surface area contributed by atoms with Crippen LogP contribution in [0.3, 0.4) is 0 Å². The number of hydrogen-bond acceptors (Lipinski definition) is 3. The molecule has 0 aliphatic rings. The molecule has 0 amide bonds. The van der Waals surface area contributed by atoms with Gasteiger partial charge in [-0.05, 0) is 36.2 Å². The van der Waals surface area contributed by atoms with Gasteiger partial charge in [0.25, 0.3) is 0 Å². The van der Waals surface area contributed by atoms with Crippen LogP contribution < -0.4 is 11.3 Å². The van der Waals surface area contributed by atoms with Gasteiger partial charge in [0.2, 0.25) is 0 Å². The van der Waals surface area contributed by atoms with Crippen molar-refractivity contribution in [3.05, 3.63) is 56.5 Å². The molecule has 3 N–H and O–H groups in total. The first-order chi connectivity index (χ1) is 8.11. The lowest BCUT2D eigenvalue weighted by molar-refractivity contribution is 0.602. The number of hydrazine groups is 1. The molecule has 0 aliphatic carbocycles. The van der Waals surface area contributed by atoms with Crippen LogP contribution in [0.1, 0.15) is 22.0 Å². The number of nitrogens with one attached hydrogen (secondary N) is 1. The molecule has 0 saturated carbocycles. The molecule has 1 aromatic carbocycles. The summed E-state index contributed by atoms with van der Waals surface area (Å²) in [4.78, 5) is 0.959. The molecular formula is C12H12ClFN2S. The summed E-state index contributed by atoms with van der Waals surface area (Å²) in [7, 11) is 0. The van der Waals surface area contributed by atoms with E-state index >= 15 is 0 Å². The van der Waals surface area contributed by atoms with Crippen molar-refractivity contribution in [1.82, 2.24) is 5.43 Å². The van der Waals surface area contributed by atoms with Crippen molar-refractivity contribution < 1.29 is 4.39 Å². The number of nitrogens with two attached hydrogens (primary N) is 1. The fourth-order valence-electron chi connectivity index (χ4n) is 1.61. The third-order valence-electron chi connectivity index (χ3n) is 2.57. The second kappa shape index (κ2) is 5.14. The van der Waals surface area contributed by atoms with E-state index in [1.807, 2.05) is 12.1 Å². The van der Waals surface area contributed by atoms with E-state index in [9.17, 15) is 4.39 Å². The first-order valence-corrected chi connectivity index (χ1v) is 6.28. The summed E-state index contributed by atoms with van der Waals surface area (Å²) in [5.41, 5.74) is 4.09. The van der Waals surface area contributed by atoms with Crippen molar-refractivity contribution in [3.8, 4) is 0 Å². The van der Waals surface area contributed by atoms with Crippen molar-refractivity contribution in [2.75, 3.05) is 0 Å². The predicted molar refractivity (Wildman–Crippen MR) is 69.6 cm³/mol. The van der Waals surface area contributed by atoms with Crippen LogP contribution in [0.5, 0.6) is 0 Å². The molecule has 2 nitrogen and oxygen atoms in total. The van der Waals surface area contributed by atoms with Gasteiger partial charge in [-0.1, -0.05) is 23.7 Å². The molecule has 0 bridgehead atoms. The Morgan fingerprint density at radius 3 is 2.65 bits per heavy atom. The van der Waals surface area contributed by atoms with E-state index in [4.69, 9.17) is 17.4 Å². The minimum Gasteiger partial charge on any atom is -0.271 e. The van der Waals surface area contributed by atoms with Crippen LogP contribution in [0.4, 0.5) is 4.39 Å². The summed E-state index contributed by atoms with van der Waals surface area (Å²) in [6.45, 7) is 1.73. The average molecular weight is 271 g/mol. The standard InChI is InChI=1S/C12H12ClFN2S/c1-7-2-3-8(6-9(7)14)12(16-15)10-4-5-11(13)17-10/h2-6,12,16H,15H2,1H3. The monoisotopic (exact) mass is 270 g/mol. The number of hydrogen-bond donors (Lipinski definition) is 2. The molecule has 1 atom stereocenters. The minimum absolute atomic E-state index is 0.231. The van der Waals surface area contributed by atoms with Crippen LogP contribution in [0.2, 0.25) is 4.34 Å². The number of rotatable bonds is 3. The highest BCUT2D eigenvalue weighted by Gasteiger charge is 2.15. The Kier molecular flexibility index (Phi) is 3.79. The SMILES string of the molecule is Cc1ccc(C(NN)c2ccc(Cl)s2)cc1F. The zero-order chi connectivity index (χ0) is 12.4. The molecule has 1 unspecified atom stereocenters. The van der Waals surface area contributed by atoms with E-state index < -0.39 is 0 Å². The van der Waals surface area contributed by atoms with Gasteiger partial charge >= 0.3 is 0 Å². The summed E-state index contributed by atoms with van der Waals surface area (Å²) in [6.07, 6.45) is 0. The summed E-state index contributed by atoms with van der Waals surface area (Å²) in [6, 6.07) is 8.54. The van der Waals surface area contributed by atoms with Crippen LogP contribution in [0.15, 0.2) is 30.3 Å². The lowest BCUT2D eigenvalue weighted by Gasteiger charge is -2.15. The molecular weight excluding hydrogens is 259 g/mol. The Morgan fingerprint density at radius 1 is 1.35 bits per heavy atom. The van der Waals surface area contributed by atoms with E-state index in [1.165, 1.54) is 17.4 Å². The van der Waals surface area contributed by atoms with Crippen molar-refractivity contribution >= 4 is 22.9 Å². The second-order valence-electron chi connectivity index (χ2n) is 3.75. The molecule has 0 saturated heterocycles. The van der Waals surface area contributed by atoms with Crippen molar-refractivity contribution in [2.24, 2.45) is 5.84 Å². The second-order valence-corrected chi connectivity index (χ2v) is 5.50. The molecule has 1 aromatic heterocycles. The van der Waals surface area contributed by atoms with E-state index in [0.29, 0.717) is 9.90 Å². The molecule has 2 aromatic rings. The van der Waals surface area contributed by atoms with Crippen LogP contribution >= 0.6 is 22.9 Å². The third-order valence-corrected chi connectivity index (χ3v) is 3.87. The summed E-state index contributed by atoms with van der Waals surface area (Å²) in [5, 5.41) is 0. The van der Waals surface area contributed by atoms with E-state index in [1.54, 1.807) is 19.1 Å². The molecule has 17 heavy (non-hydrogen) atoms. The lowest BCUT2D eigenvalue weighted by Crippen LogP contribution is -2.28. The quantitative estimate of drug-likeness (QED) is 0.663. The highest BCUT2D eigenvalue weighted by Crippen LogP contribution is 2.31. The minimum atomic E-state index is -0.234. The van der Waals surface area contributed by atoms with Crippen LogP contribution in [-0.4, -0.2) is 0 Å². The zero-order valence-electron chi connectivity index (χ0n) is 9.21. The number of benzene rings is 1. The van der Waals surface area contributed by atoms with Crippen LogP contribution in [-0.2, 0) is 0 Å². The first kappa shape index (κ1) is 12.5. The Hall–Kier alpha value is -0.940. The summed E-state index contributed by atoms with van der Waals surface area (Å²) >= 11 is 7.31. The number of aryl methyl sites for hydroxylation is 1. The maximum atomic E-state index is 13.5. The van der Waals surface area contributed by atoms with Gasteiger partial charge in [-0.25, -0.2) is 9.82 Å². The molecule has 5 heteroatoms. The lowest BCUT2D eigenvalue weighted by atomic mass is 10.0. The molecule has 0 spiro atoms. The van der Waals surface area contributed by atoms with Crippen molar-refractivity contribution in [1.29, 1.82) is 0 Å². The van der Waals surface area contributed by atoms with Gasteiger partial charge in [-0.2, -0.15) is 0 Å². The fraction of sp³-hybridized carbons (Fsp3) is 0.167. The third kappa shape index (κ3) is 2.66. The maximum absolute atomic E-state index is 13.5. The van der Waals surface area contributed by atoms with Gasteiger partial charge < -0.3 is 0 Å². The van der Waals surface area contributed by atoms with E-state index in [0.717, 1.165) is 10.4 Å². The van der Waals surface area contributed by atoms with Crippen molar-refractivity contribution in [3.63, 3.8) is 0 Å². The number of thiophene rings is 1. The smallest absolute Gasteiger partial charge is 0.126 e. The van der Waals surface area contributed by atoms with Gasteiger partial charge in [0, 0.05) is 4.88 Å². The van der Waals surface area contributed by atoms with Gasteiger partial charge in [0.05, 0.1) is 10.4 Å². The first-order valence-electron chi connectivity index (χ1n) is 5.09. The highest BCUT2D eigenvalue weighted by atomic mass is 35.5. The Bertz CT molecular complexity index is 527. The fourth-order valence-corrected chi connectivity index (χ4v) is 2.76. The Labute approximate surface area is 108 Å². The van der Waals surface area contributed by atoms with Crippen molar-refractivity contribution in [2.45, 2.75) is 13.0 Å². The zero-order valence-corrected chi connectivity index (χ0v) is 10.8. The van der Waals surface area contributed by atoms with Gasteiger partial charge in [0.15, 0.2) is 0 Å². The van der Waals surface area contributed by atoms with Gasteiger partial charge in [0.1, 0.15) is 5.82 Å². The largest absolute Gasteiger partial charge is 0.271 e. The van der Waals surface area contributed by atoms with E-state index in [-0.39, 0.29) is 11.9 Å². The molecule has 1 heterocycles. The molecule has 2 rings (SSSR count). The molecule has 0 fully saturated rings. The normalized spacial score (nSPS) is 12.7. The Balaban J connectivity index is 2.38. The topological polar surface area (TPSA) is 38.0 Å². The predicted octanol–water partition coefficient (Wildman–Crippen LogP) is 3.40. The average Bonchev–Trinajstić information content (AvgIpc) is 2.71. The highest BCUT2D eigenvalue weighted by molar-refractivity contribution is 7.16. The molecule has 0 radical (unpaired) electrons. The summed E-state index contributed by atoms with van der Waals surface area (Å²) < 4.78 is 14.2. The maximum Gasteiger partial charge on any atom is 0.126 e. The van der Waals surface area contributed by atoms with Gasteiger partial charge in [-0.3, -0.25) is 5.84 Å². The summed E-state index contributed by atoms with van der Waals surface area (Å²) in [5.74, 6) is 5.29. The van der Waals surface area contributed by atoms with Crippen LogP contribution in [0.25, 0.3) is 0 Å². The van der Waals surface area contributed by atoms with E-state index in [2.05, 4.69) is 5.43 Å².